The molecule has 9 nitrogen and oxygen atoms in total. The molecule has 0 radical (unpaired) electrons. The second-order valence-electron chi connectivity index (χ2n) is 4.81. The zero-order chi connectivity index (χ0) is 17.5. The molecular weight excluding hydrogens is 354 g/mol. The third-order valence-electron chi connectivity index (χ3n) is 3.29. The van der Waals surface area contributed by atoms with E-state index in [1.54, 1.807) is 14.0 Å². The molecule has 1 N–H and O–H groups in total. The third-order valence-corrected chi connectivity index (χ3v) is 5.41. The van der Waals surface area contributed by atoms with E-state index in [-0.39, 0.29) is 12.5 Å². The van der Waals surface area contributed by atoms with E-state index < -0.39 is 11.9 Å². The topological polar surface area (TPSA) is 105 Å². The highest BCUT2D eigenvalue weighted by atomic mass is 32.2. The number of aromatic nitrogens is 2. The summed E-state index contributed by atoms with van der Waals surface area (Å²) in [7, 11) is 1.59. The number of hydrogen-bond donors (Lipinski definition) is 1. The maximum Gasteiger partial charge on any atom is 0.397 e. The maximum atomic E-state index is 11.9. The summed E-state index contributed by atoms with van der Waals surface area (Å²) in [6.45, 7) is 3.85. The predicted octanol–water partition coefficient (Wildman–Crippen LogP) is -0.412. The minimum absolute atomic E-state index is 0.0668. The molecule has 1 aliphatic heterocycles. The molecule has 0 aliphatic carbocycles. The number of hydrogen-bond acceptors (Lipinski definition) is 9. The number of nitrogens with one attached hydrogen (secondary N) is 1. The highest BCUT2D eigenvalue weighted by molar-refractivity contribution is 8.01. The summed E-state index contributed by atoms with van der Waals surface area (Å²) in [6.07, 6.45) is 0. The van der Waals surface area contributed by atoms with Crippen molar-refractivity contribution < 1.29 is 19.1 Å². The SMILES string of the molecule is CCOC(=O)C(=O)N1CCN(c2nnc(SCC(=O)NC)s2)CC1. The van der Waals surface area contributed by atoms with Gasteiger partial charge in [-0.3, -0.25) is 9.59 Å². The number of anilines is 1. The Balaban J connectivity index is 1.84. The average molecular weight is 373 g/mol. The Morgan fingerprint density at radius 1 is 1.25 bits per heavy atom. The van der Waals surface area contributed by atoms with Gasteiger partial charge in [0.05, 0.1) is 12.4 Å². The summed E-state index contributed by atoms with van der Waals surface area (Å²) >= 11 is 2.74. The Hall–Kier alpha value is -1.88. The molecule has 1 saturated heterocycles. The normalized spacial score (nSPS) is 14.4. The number of nitrogens with zero attached hydrogens (tertiary/aromatic N) is 4. The van der Waals surface area contributed by atoms with Gasteiger partial charge in [0.2, 0.25) is 11.0 Å². The van der Waals surface area contributed by atoms with Gasteiger partial charge in [-0.2, -0.15) is 0 Å². The lowest BCUT2D eigenvalue weighted by molar-refractivity contribution is -0.160. The summed E-state index contributed by atoms with van der Waals surface area (Å²) in [5, 5.41) is 11.5. The van der Waals surface area contributed by atoms with Crippen molar-refractivity contribution in [3.8, 4) is 0 Å². The Bertz CT molecular complexity index is 601. The van der Waals surface area contributed by atoms with E-state index >= 15 is 0 Å². The second kappa shape index (κ2) is 8.83. The number of carbonyl (C=O) groups excluding carboxylic acids is 3. The Kier molecular flexibility index (Phi) is 6.79. The van der Waals surface area contributed by atoms with Gasteiger partial charge in [-0.1, -0.05) is 23.1 Å². The van der Waals surface area contributed by atoms with E-state index in [1.807, 2.05) is 4.90 Å². The lowest BCUT2D eigenvalue weighted by Gasteiger charge is -2.33. The summed E-state index contributed by atoms with van der Waals surface area (Å²) in [5.41, 5.74) is 0. The number of piperazine rings is 1. The van der Waals surface area contributed by atoms with E-state index in [4.69, 9.17) is 4.74 Å². The molecule has 0 saturated carbocycles. The first kappa shape index (κ1) is 18.5. The largest absolute Gasteiger partial charge is 0.459 e. The quantitative estimate of drug-likeness (QED) is 0.422. The molecular formula is C13H19N5O4S2. The van der Waals surface area contributed by atoms with Gasteiger partial charge >= 0.3 is 11.9 Å². The van der Waals surface area contributed by atoms with Gasteiger partial charge in [0.15, 0.2) is 4.34 Å². The number of amides is 2. The second-order valence-corrected chi connectivity index (χ2v) is 6.99. The summed E-state index contributed by atoms with van der Waals surface area (Å²) < 4.78 is 5.45. The van der Waals surface area contributed by atoms with Gasteiger partial charge in [0.25, 0.3) is 0 Å². The van der Waals surface area contributed by atoms with Crippen molar-refractivity contribution in [1.29, 1.82) is 0 Å². The van der Waals surface area contributed by atoms with Crippen LogP contribution in [0.15, 0.2) is 4.34 Å². The van der Waals surface area contributed by atoms with Gasteiger partial charge in [-0.15, -0.1) is 10.2 Å². The lowest BCUT2D eigenvalue weighted by Crippen LogP contribution is -2.51. The van der Waals surface area contributed by atoms with E-state index in [2.05, 4.69) is 15.5 Å². The van der Waals surface area contributed by atoms with Crippen LogP contribution in [0.4, 0.5) is 5.13 Å². The van der Waals surface area contributed by atoms with Crippen molar-refractivity contribution in [3.63, 3.8) is 0 Å². The monoisotopic (exact) mass is 373 g/mol. The fourth-order valence-electron chi connectivity index (χ4n) is 2.01. The molecule has 1 fully saturated rings. The Labute approximate surface area is 147 Å². The van der Waals surface area contributed by atoms with Crippen molar-refractivity contribution >= 4 is 46.0 Å². The van der Waals surface area contributed by atoms with Gasteiger partial charge < -0.3 is 19.9 Å². The number of esters is 1. The highest BCUT2D eigenvalue weighted by Gasteiger charge is 2.28. The average Bonchev–Trinajstić information content (AvgIpc) is 3.08. The van der Waals surface area contributed by atoms with E-state index in [9.17, 15) is 14.4 Å². The lowest BCUT2D eigenvalue weighted by atomic mass is 10.3. The molecule has 0 aromatic carbocycles. The number of carbonyl (C=O) groups is 3. The van der Waals surface area contributed by atoms with Crippen molar-refractivity contribution in [1.82, 2.24) is 20.4 Å². The standard InChI is InChI=1S/C13H19N5O4S2/c1-3-22-11(21)10(20)17-4-6-18(7-5-17)12-15-16-13(24-12)23-8-9(19)14-2/h3-8H2,1-2H3,(H,14,19). The van der Waals surface area contributed by atoms with Crippen LogP contribution >= 0.6 is 23.1 Å². The molecule has 11 heteroatoms. The molecule has 0 unspecified atom stereocenters. The smallest absolute Gasteiger partial charge is 0.397 e. The van der Waals surface area contributed by atoms with Crippen LogP contribution in [0, 0.1) is 0 Å². The minimum atomic E-state index is -0.810. The fourth-order valence-corrected chi connectivity index (χ4v) is 3.78. The van der Waals surface area contributed by atoms with Crippen molar-refractivity contribution in [3.05, 3.63) is 0 Å². The van der Waals surface area contributed by atoms with Gasteiger partial charge in [-0.25, -0.2) is 4.79 Å². The summed E-state index contributed by atoms with van der Waals surface area (Å²) in [5.74, 6) is -1.18. The Morgan fingerprint density at radius 3 is 2.58 bits per heavy atom. The first-order chi connectivity index (χ1) is 11.5. The summed E-state index contributed by atoms with van der Waals surface area (Å²) in [4.78, 5) is 38.1. The number of ether oxygens (including phenoxy) is 1. The van der Waals surface area contributed by atoms with Crippen LogP contribution in [0.5, 0.6) is 0 Å². The molecule has 1 aromatic heterocycles. The minimum Gasteiger partial charge on any atom is -0.459 e. The van der Waals surface area contributed by atoms with Crippen LogP contribution in [0.3, 0.4) is 0 Å². The first-order valence-corrected chi connectivity index (χ1v) is 9.23. The van der Waals surface area contributed by atoms with Crippen LogP contribution in [-0.2, 0) is 19.1 Å². The van der Waals surface area contributed by atoms with Gasteiger partial charge in [-0.05, 0) is 6.92 Å². The molecule has 0 spiro atoms. The van der Waals surface area contributed by atoms with Crippen molar-refractivity contribution in [2.75, 3.05) is 50.5 Å². The molecule has 24 heavy (non-hydrogen) atoms. The molecule has 1 aliphatic rings. The summed E-state index contributed by atoms with van der Waals surface area (Å²) in [6, 6.07) is 0. The van der Waals surface area contributed by atoms with Crippen LogP contribution in [-0.4, -0.2) is 78.5 Å². The molecule has 0 bridgehead atoms. The van der Waals surface area contributed by atoms with Crippen LogP contribution in [0.1, 0.15) is 6.92 Å². The van der Waals surface area contributed by atoms with E-state index in [1.165, 1.54) is 28.0 Å². The fraction of sp³-hybridized carbons (Fsp3) is 0.615. The van der Waals surface area contributed by atoms with Crippen molar-refractivity contribution in [2.45, 2.75) is 11.3 Å². The zero-order valence-corrected chi connectivity index (χ0v) is 15.1. The molecule has 1 aromatic rings. The molecule has 0 atom stereocenters. The Morgan fingerprint density at radius 2 is 1.96 bits per heavy atom. The van der Waals surface area contributed by atoms with Crippen LogP contribution < -0.4 is 10.2 Å². The van der Waals surface area contributed by atoms with E-state index in [0.717, 1.165) is 9.47 Å². The zero-order valence-electron chi connectivity index (χ0n) is 13.5. The maximum absolute atomic E-state index is 11.9. The van der Waals surface area contributed by atoms with Gasteiger partial charge in [0, 0.05) is 33.2 Å². The third kappa shape index (κ3) is 4.81. The highest BCUT2D eigenvalue weighted by Crippen LogP contribution is 2.28. The molecule has 2 amide bonds. The first-order valence-electron chi connectivity index (χ1n) is 7.43. The molecule has 2 heterocycles. The number of rotatable bonds is 5. The number of thioether (sulfide) groups is 1. The molecule has 2 rings (SSSR count). The van der Waals surface area contributed by atoms with Crippen molar-refractivity contribution in [2.24, 2.45) is 0 Å². The van der Waals surface area contributed by atoms with Gasteiger partial charge in [0.1, 0.15) is 0 Å². The van der Waals surface area contributed by atoms with E-state index in [0.29, 0.717) is 31.9 Å². The van der Waals surface area contributed by atoms with Crippen LogP contribution in [0.25, 0.3) is 0 Å². The predicted molar refractivity (Wildman–Crippen MR) is 90.1 cm³/mol. The van der Waals surface area contributed by atoms with Crippen LogP contribution in [0.2, 0.25) is 0 Å². The molecule has 132 valence electrons.